The van der Waals surface area contributed by atoms with Crippen LogP contribution in [0.1, 0.15) is 29.8 Å². The summed E-state index contributed by atoms with van der Waals surface area (Å²) in [5.74, 6) is 0.451. The molecule has 0 bridgehead atoms. The summed E-state index contributed by atoms with van der Waals surface area (Å²) in [7, 11) is 0. The molecule has 0 radical (unpaired) electrons. The number of halogens is 2. The molecule has 0 heterocycles. The molecule has 4 nitrogen and oxygen atoms in total. The fourth-order valence-corrected chi connectivity index (χ4v) is 2.58. The smallest absolute Gasteiger partial charge is 0.255 e. The molecule has 0 saturated heterocycles. The van der Waals surface area contributed by atoms with Crippen molar-refractivity contribution in [2.24, 2.45) is 0 Å². The predicted octanol–water partition coefficient (Wildman–Crippen LogP) is 5.18. The third-order valence-corrected chi connectivity index (χ3v) is 3.81. The molecule has 0 fully saturated rings. The normalized spacial score (nSPS) is 10.5. The number of carbonyl (C=O) groups is 1. The maximum atomic E-state index is 12.5. The van der Waals surface area contributed by atoms with Crippen LogP contribution in [-0.2, 0) is 11.3 Å². The Hall–Kier alpha value is -1.75. The number of rotatable bonds is 7. The number of nitrogens with one attached hydrogen (secondary N) is 1. The molecule has 1 N–H and O–H groups in total. The van der Waals surface area contributed by atoms with Gasteiger partial charge in [0.05, 0.1) is 23.9 Å². The third-order valence-electron chi connectivity index (χ3n) is 3.26. The number of carbonyl (C=O) groups excluding carboxylic acids is 1. The standard InChI is InChI=1S/C18H19Cl2NO3/c1-3-23-11-13-9-12(5-8-17(13)24-4-2)18(22)21-16-7-6-14(19)10-15(16)20/h5-10H,3-4,11H2,1-2H3,(H,21,22). The van der Waals surface area contributed by atoms with E-state index in [1.807, 2.05) is 13.8 Å². The molecule has 2 aromatic carbocycles. The van der Waals surface area contributed by atoms with Crippen molar-refractivity contribution in [3.63, 3.8) is 0 Å². The van der Waals surface area contributed by atoms with E-state index in [0.29, 0.717) is 46.9 Å². The van der Waals surface area contributed by atoms with Crippen LogP contribution in [0.15, 0.2) is 36.4 Å². The molecule has 0 atom stereocenters. The lowest BCUT2D eigenvalue weighted by Crippen LogP contribution is -2.13. The lowest BCUT2D eigenvalue weighted by atomic mass is 10.1. The molecular weight excluding hydrogens is 349 g/mol. The van der Waals surface area contributed by atoms with Crippen molar-refractivity contribution in [2.45, 2.75) is 20.5 Å². The molecule has 2 rings (SSSR count). The summed E-state index contributed by atoms with van der Waals surface area (Å²) in [5.41, 5.74) is 1.83. The van der Waals surface area contributed by atoms with Gasteiger partial charge in [-0.1, -0.05) is 23.2 Å². The first-order chi connectivity index (χ1) is 11.5. The second-order valence-electron chi connectivity index (χ2n) is 4.97. The summed E-state index contributed by atoms with van der Waals surface area (Å²) in [4.78, 5) is 12.5. The van der Waals surface area contributed by atoms with Crippen molar-refractivity contribution in [1.82, 2.24) is 0 Å². The second-order valence-corrected chi connectivity index (χ2v) is 5.81. The van der Waals surface area contributed by atoms with E-state index in [0.717, 1.165) is 5.56 Å². The largest absolute Gasteiger partial charge is 0.494 e. The lowest BCUT2D eigenvalue weighted by Gasteiger charge is -2.13. The molecule has 6 heteroatoms. The highest BCUT2D eigenvalue weighted by Gasteiger charge is 2.12. The van der Waals surface area contributed by atoms with Crippen LogP contribution >= 0.6 is 23.2 Å². The van der Waals surface area contributed by atoms with Crippen molar-refractivity contribution in [1.29, 1.82) is 0 Å². The quantitative estimate of drug-likeness (QED) is 0.733. The first kappa shape index (κ1) is 18.6. The van der Waals surface area contributed by atoms with Gasteiger partial charge in [0.1, 0.15) is 5.75 Å². The van der Waals surface area contributed by atoms with E-state index < -0.39 is 0 Å². The van der Waals surface area contributed by atoms with Gasteiger partial charge in [0, 0.05) is 22.8 Å². The summed E-state index contributed by atoms with van der Waals surface area (Å²) in [6.45, 7) is 5.34. The van der Waals surface area contributed by atoms with Crippen molar-refractivity contribution in [2.75, 3.05) is 18.5 Å². The average molecular weight is 368 g/mol. The zero-order valence-corrected chi connectivity index (χ0v) is 15.1. The Balaban J connectivity index is 2.21. The average Bonchev–Trinajstić information content (AvgIpc) is 2.56. The van der Waals surface area contributed by atoms with Crippen LogP contribution in [0, 0.1) is 0 Å². The summed E-state index contributed by atoms with van der Waals surface area (Å²) >= 11 is 12.0. The third kappa shape index (κ3) is 4.87. The Bertz CT molecular complexity index is 719. The molecule has 0 aliphatic rings. The van der Waals surface area contributed by atoms with E-state index in [1.54, 1.807) is 36.4 Å². The molecule has 0 spiro atoms. The van der Waals surface area contributed by atoms with Crippen molar-refractivity contribution in [3.8, 4) is 5.75 Å². The van der Waals surface area contributed by atoms with Gasteiger partial charge >= 0.3 is 0 Å². The summed E-state index contributed by atoms with van der Waals surface area (Å²) in [6, 6.07) is 10.2. The number of benzene rings is 2. The maximum absolute atomic E-state index is 12.5. The van der Waals surface area contributed by atoms with Gasteiger partial charge in [-0.15, -0.1) is 0 Å². The van der Waals surface area contributed by atoms with E-state index in [9.17, 15) is 4.79 Å². The molecule has 24 heavy (non-hydrogen) atoms. The highest BCUT2D eigenvalue weighted by Crippen LogP contribution is 2.27. The molecule has 0 aliphatic heterocycles. The zero-order valence-electron chi connectivity index (χ0n) is 13.6. The summed E-state index contributed by atoms with van der Waals surface area (Å²) in [5, 5.41) is 3.67. The van der Waals surface area contributed by atoms with Gasteiger partial charge in [0.15, 0.2) is 0 Å². The molecule has 1 amide bonds. The van der Waals surface area contributed by atoms with E-state index in [2.05, 4.69) is 5.32 Å². The SMILES string of the molecule is CCOCc1cc(C(=O)Nc2ccc(Cl)cc2Cl)ccc1OCC. The maximum Gasteiger partial charge on any atom is 0.255 e. The number of hydrogen-bond acceptors (Lipinski definition) is 3. The highest BCUT2D eigenvalue weighted by molar-refractivity contribution is 6.36. The van der Waals surface area contributed by atoms with Crippen LogP contribution < -0.4 is 10.1 Å². The Morgan fingerprint density at radius 3 is 2.54 bits per heavy atom. The fraction of sp³-hybridized carbons (Fsp3) is 0.278. The fourth-order valence-electron chi connectivity index (χ4n) is 2.13. The van der Waals surface area contributed by atoms with Crippen LogP contribution in [0.5, 0.6) is 5.75 Å². The Labute approximate surface area is 151 Å². The molecule has 0 aromatic heterocycles. The number of anilines is 1. The van der Waals surface area contributed by atoms with E-state index in [4.69, 9.17) is 32.7 Å². The van der Waals surface area contributed by atoms with Crippen molar-refractivity contribution in [3.05, 3.63) is 57.6 Å². The van der Waals surface area contributed by atoms with Crippen molar-refractivity contribution >= 4 is 34.8 Å². The predicted molar refractivity (Wildman–Crippen MR) is 97.4 cm³/mol. The topological polar surface area (TPSA) is 47.6 Å². The molecule has 0 aliphatic carbocycles. The van der Waals surface area contributed by atoms with Gasteiger partial charge in [0.25, 0.3) is 5.91 Å². The Kier molecular flexibility index (Phi) is 6.91. The van der Waals surface area contributed by atoms with Crippen LogP contribution in [-0.4, -0.2) is 19.1 Å². The van der Waals surface area contributed by atoms with Gasteiger partial charge < -0.3 is 14.8 Å². The number of hydrogen-bond donors (Lipinski definition) is 1. The van der Waals surface area contributed by atoms with E-state index >= 15 is 0 Å². The molecule has 0 saturated carbocycles. The molecule has 2 aromatic rings. The monoisotopic (exact) mass is 367 g/mol. The van der Waals surface area contributed by atoms with Gasteiger partial charge in [-0.05, 0) is 50.2 Å². The first-order valence-corrected chi connectivity index (χ1v) is 8.40. The van der Waals surface area contributed by atoms with Gasteiger partial charge in [-0.3, -0.25) is 4.79 Å². The van der Waals surface area contributed by atoms with Gasteiger partial charge in [-0.25, -0.2) is 0 Å². The van der Waals surface area contributed by atoms with Crippen LogP contribution in [0.3, 0.4) is 0 Å². The Morgan fingerprint density at radius 2 is 1.88 bits per heavy atom. The van der Waals surface area contributed by atoms with Crippen LogP contribution in [0.4, 0.5) is 5.69 Å². The first-order valence-electron chi connectivity index (χ1n) is 7.65. The molecule has 0 unspecified atom stereocenters. The summed E-state index contributed by atoms with van der Waals surface area (Å²) in [6.07, 6.45) is 0. The van der Waals surface area contributed by atoms with E-state index in [-0.39, 0.29) is 5.91 Å². The Morgan fingerprint density at radius 1 is 1.08 bits per heavy atom. The van der Waals surface area contributed by atoms with Gasteiger partial charge in [0.2, 0.25) is 0 Å². The second kappa shape index (κ2) is 8.92. The molecule has 128 valence electrons. The summed E-state index contributed by atoms with van der Waals surface area (Å²) < 4.78 is 11.0. The van der Waals surface area contributed by atoms with Crippen LogP contribution in [0.25, 0.3) is 0 Å². The number of amides is 1. The minimum absolute atomic E-state index is 0.264. The van der Waals surface area contributed by atoms with Crippen molar-refractivity contribution < 1.29 is 14.3 Å². The minimum Gasteiger partial charge on any atom is -0.494 e. The minimum atomic E-state index is -0.264. The zero-order chi connectivity index (χ0) is 17.5. The van der Waals surface area contributed by atoms with Crippen LogP contribution in [0.2, 0.25) is 10.0 Å². The van der Waals surface area contributed by atoms with Gasteiger partial charge in [-0.2, -0.15) is 0 Å². The highest BCUT2D eigenvalue weighted by atomic mass is 35.5. The molecular formula is C18H19Cl2NO3. The number of ether oxygens (including phenoxy) is 2. The lowest BCUT2D eigenvalue weighted by molar-refractivity contribution is 0.102. The van der Waals surface area contributed by atoms with E-state index in [1.165, 1.54) is 0 Å².